The van der Waals surface area contributed by atoms with Crippen molar-refractivity contribution in [1.82, 2.24) is 34.4 Å². The van der Waals surface area contributed by atoms with Crippen molar-refractivity contribution >= 4 is 97.7 Å². The quantitative estimate of drug-likeness (QED) is 0.143. The largest absolute Gasteiger partial charge is 0.364 e. The highest BCUT2D eigenvalue weighted by atomic mass is 35.5. The number of aryl methyl sites for hydroxylation is 2. The van der Waals surface area contributed by atoms with Crippen molar-refractivity contribution in [3.8, 4) is 0 Å². The maximum Gasteiger partial charge on any atom is 0.228 e. The molecule has 244 valence electrons. The van der Waals surface area contributed by atoms with Crippen LogP contribution in [0.4, 0.5) is 17.6 Å². The van der Waals surface area contributed by atoms with Crippen molar-refractivity contribution in [3.63, 3.8) is 0 Å². The molecule has 6 aromatic rings. The molecule has 0 bridgehead atoms. The maximum absolute atomic E-state index is 6.30. The molecule has 0 aliphatic carbocycles. The monoisotopic (exact) mass is 730 g/mol. The molecule has 0 spiro atoms. The Balaban J connectivity index is 0.000000168. The summed E-state index contributed by atoms with van der Waals surface area (Å²) in [5.74, 6) is 2.24. The second-order valence-corrected chi connectivity index (χ2v) is 13.0. The molecule has 4 aromatic heterocycles. The minimum atomic E-state index is 0.207. The van der Waals surface area contributed by atoms with Gasteiger partial charge in [0.05, 0.1) is 11.0 Å². The summed E-state index contributed by atoms with van der Waals surface area (Å²) in [6.45, 7) is 4.78. The number of halogens is 5. The summed E-state index contributed by atoms with van der Waals surface area (Å²) < 4.78 is 3.97. The highest BCUT2D eigenvalue weighted by molar-refractivity contribution is 6.35. The van der Waals surface area contributed by atoms with E-state index in [9.17, 15) is 0 Å². The molecule has 1 aliphatic heterocycles. The molecule has 0 amide bonds. The second kappa shape index (κ2) is 14.7. The average Bonchev–Trinajstić information content (AvgIpc) is 3.62. The SMILES string of the molecule is Cn1ccc2nc(Cl)nc(NCc3ccc(Cl)cc3Cl)c21.Cn1ccc2nc(N3CCNCC3)nc(NCc3ccc(Cl)cc3Cl)c21. The van der Waals surface area contributed by atoms with E-state index in [1.165, 1.54) is 0 Å². The summed E-state index contributed by atoms with van der Waals surface area (Å²) in [6.07, 6.45) is 3.91. The molecular weight excluding hydrogens is 702 g/mol. The fourth-order valence-electron chi connectivity index (χ4n) is 5.29. The first-order chi connectivity index (χ1) is 22.7. The normalized spacial score (nSPS) is 13.1. The fourth-order valence-corrected chi connectivity index (χ4v) is 6.41. The topological polar surface area (TPSA) is 101 Å². The standard InChI is InChI=1S/C18H20Cl2N6.C14H11Cl3N4/c1-25-7-4-15-16(25)17(22-11-12-2-3-13(19)10-14(12)20)24-18(23-15)26-8-5-21-6-9-26;1-21-5-4-11-12(21)13(20-14(17)19-11)18-7-8-2-3-9(15)6-10(8)16/h2-4,7,10,21H,5-6,8-9,11H2,1H3,(H,22,23,24);2-6H,7H2,1H3,(H,18,19,20). The van der Waals surface area contributed by atoms with E-state index in [1.807, 2.05) is 66.0 Å². The molecule has 15 heteroatoms. The highest BCUT2D eigenvalue weighted by Crippen LogP contribution is 2.28. The predicted octanol–water partition coefficient (Wildman–Crippen LogP) is 7.84. The Morgan fingerprint density at radius 3 is 1.70 bits per heavy atom. The molecule has 10 nitrogen and oxygen atoms in total. The van der Waals surface area contributed by atoms with Crippen LogP contribution in [0.2, 0.25) is 25.4 Å². The number of piperazine rings is 1. The number of benzene rings is 2. The van der Waals surface area contributed by atoms with Crippen molar-refractivity contribution in [2.24, 2.45) is 14.1 Å². The van der Waals surface area contributed by atoms with E-state index in [4.69, 9.17) is 68.0 Å². The Hall–Kier alpha value is -3.51. The summed E-state index contributed by atoms with van der Waals surface area (Å²) in [6, 6.07) is 14.8. The molecular formula is C32H31Cl5N10. The summed E-state index contributed by atoms with van der Waals surface area (Å²) >= 11 is 30.3. The van der Waals surface area contributed by atoms with Gasteiger partial charge < -0.3 is 30.0 Å². The Morgan fingerprint density at radius 1 is 0.660 bits per heavy atom. The molecule has 5 heterocycles. The van der Waals surface area contributed by atoms with E-state index < -0.39 is 0 Å². The van der Waals surface area contributed by atoms with Crippen LogP contribution in [0.15, 0.2) is 60.9 Å². The number of hydrogen-bond donors (Lipinski definition) is 3. The van der Waals surface area contributed by atoms with Crippen molar-refractivity contribution in [1.29, 1.82) is 0 Å². The molecule has 0 radical (unpaired) electrons. The number of hydrogen-bond acceptors (Lipinski definition) is 8. The average molecular weight is 733 g/mol. The smallest absolute Gasteiger partial charge is 0.228 e. The van der Waals surface area contributed by atoms with Gasteiger partial charge in [-0.1, -0.05) is 58.5 Å². The van der Waals surface area contributed by atoms with Crippen LogP contribution in [0.25, 0.3) is 22.1 Å². The number of aromatic nitrogens is 6. The van der Waals surface area contributed by atoms with Gasteiger partial charge in [-0.25, -0.2) is 9.97 Å². The molecule has 7 rings (SSSR count). The molecule has 1 saturated heterocycles. The highest BCUT2D eigenvalue weighted by Gasteiger charge is 2.18. The minimum absolute atomic E-state index is 0.207. The number of nitrogens with one attached hydrogen (secondary N) is 3. The van der Waals surface area contributed by atoms with Gasteiger partial charge in [-0.2, -0.15) is 9.97 Å². The number of nitrogens with zero attached hydrogens (tertiary/aromatic N) is 7. The van der Waals surface area contributed by atoms with Crippen LogP contribution < -0.4 is 20.9 Å². The lowest BCUT2D eigenvalue weighted by Crippen LogP contribution is -2.44. The van der Waals surface area contributed by atoms with Gasteiger partial charge in [0.25, 0.3) is 0 Å². The summed E-state index contributed by atoms with van der Waals surface area (Å²) in [4.78, 5) is 20.2. The van der Waals surface area contributed by atoms with Gasteiger partial charge in [-0.15, -0.1) is 0 Å². The van der Waals surface area contributed by atoms with Gasteiger partial charge in [0.15, 0.2) is 11.6 Å². The Labute approximate surface area is 297 Å². The third-order valence-corrected chi connectivity index (χ3v) is 9.07. The lowest BCUT2D eigenvalue weighted by atomic mass is 10.2. The first-order valence-electron chi connectivity index (χ1n) is 14.8. The van der Waals surface area contributed by atoms with Gasteiger partial charge >= 0.3 is 0 Å². The van der Waals surface area contributed by atoms with Crippen LogP contribution >= 0.6 is 58.0 Å². The zero-order valence-corrected chi connectivity index (χ0v) is 29.3. The van der Waals surface area contributed by atoms with Crippen molar-refractivity contribution in [2.45, 2.75) is 13.1 Å². The van der Waals surface area contributed by atoms with Crippen LogP contribution in [0.3, 0.4) is 0 Å². The first-order valence-corrected chi connectivity index (χ1v) is 16.7. The van der Waals surface area contributed by atoms with E-state index in [2.05, 4.69) is 30.8 Å². The first kappa shape index (κ1) is 33.4. The van der Waals surface area contributed by atoms with Crippen LogP contribution in [-0.4, -0.2) is 55.2 Å². The third kappa shape index (κ3) is 7.80. The van der Waals surface area contributed by atoms with Crippen molar-refractivity contribution in [3.05, 3.63) is 97.4 Å². The lowest BCUT2D eigenvalue weighted by molar-refractivity contribution is 0.580. The molecule has 2 aromatic carbocycles. The van der Waals surface area contributed by atoms with E-state index in [1.54, 1.807) is 18.2 Å². The van der Waals surface area contributed by atoms with Crippen LogP contribution in [0, 0.1) is 0 Å². The Morgan fingerprint density at radius 2 is 1.17 bits per heavy atom. The van der Waals surface area contributed by atoms with Crippen molar-refractivity contribution in [2.75, 3.05) is 41.7 Å². The summed E-state index contributed by atoms with van der Waals surface area (Å²) in [5.41, 5.74) is 5.50. The molecule has 47 heavy (non-hydrogen) atoms. The number of fused-ring (bicyclic) bond motifs is 2. The van der Waals surface area contributed by atoms with E-state index in [-0.39, 0.29) is 5.28 Å². The third-order valence-electron chi connectivity index (χ3n) is 7.72. The number of rotatable bonds is 7. The van der Waals surface area contributed by atoms with E-state index in [0.717, 1.165) is 71.1 Å². The van der Waals surface area contributed by atoms with Crippen LogP contribution in [0.5, 0.6) is 0 Å². The van der Waals surface area contributed by atoms with Gasteiger partial charge in [-0.05, 0) is 59.1 Å². The van der Waals surface area contributed by atoms with Gasteiger partial charge in [0.1, 0.15) is 11.0 Å². The predicted molar refractivity (Wildman–Crippen MR) is 195 cm³/mol. The Bertz CT molecular complexity index is 2040. The molecule has 3 N–H and O–H groups in total. The Kier molecular flexibility index (Phi) is 10.5. The van der Waals surface area contributed by atoms with E-state index >= 15 is 0 Å². The lowest BCUT2D eigenvalue weighted by Gasteiger charge is -2.27. The van der Waals surface area contributed by atoms with Gasteiger partial charge in [0, 0.05) is 85.8 Å². The summed E-state index contributed by atoms with van der Waals surface area (Å²) in [5, 5.41) is 12.7. The zero-order valence-electron chi connectivity index (χ0n) is 25.5. The van der Waals surface area contributed by atoms with E-state index in [0.29, 0.717) is 39.0 Å². The minimum Gasteiger partial charge on any atom is -0.364 e. The van der Waals surface area contributed by atoms with Crippen molar-refractivity contribution < 1.29 is 0 Å². The van der Waals surface area contributed by atoms with Crippen LogP contribution in [-0.2, 0) is 27.2 Å². The molecule has 1 fully saturated rings. The zero-order chi connectivity index (χ0) is 33.1. The molecule has 0 saturated carbocycles. The number of anilines is 3. The van der Waals surface area contributed by atoms with Crippen LogP contribution in [0.1, 0.15) is 11.1 Å². The molecule has 1 aliphatic rings. The molecule has 0 atom stereocenters. The second-order valence-electron chi connectivity index (χ2n) is 11.0. The van der Waals surface area contributed by atoms with Gasteiger partial charge in [-0.3, -0.25) is 0 Å². The fraction of sp³-hybridized carbons (Fsp3) is 0.250. The maximum atomic E-state index is 6.30. The van der Waals surface area contributed by atoms with Gasteiger partial charge in [0.2, 0.25) is 11.2 Å². The summed E-state index contributed by atoms with van der Waals surface area (Å²) in [7, 11) is 3.93. The molecule has 0 unspecified atom stereocenters.